The molecule has 0 spiro atoms. The molecule has 0 fully saturated rings. The van der Waals surface area contributed by atoms with Gasteiger partial charge in [-0.2, -0.15) is 16.5 Å². The van der Waals surface area contributed by atoms with Crippen LogP contribution >= 0.6 is 11.8 Å². The fraction of sp³-hybridized carbons (Fsp3) is 0.381. The van der Waals surface area contributed by atoms with E-state index < -0.39 is 32.7 Å². The van der Waals surface area contributed by atoms with Crippen molar-refractivity contribution in [2.45, 2.75) is 43.5 Å². The number of halogens is 1. The second kappa shape index (κ2) is 11.3. The Bertz CT molecular complexity index is 902. The molecular weight excluding hydrogens is 411 g/mol. The molecular formula is C21H27FN2O3S2. The van der Waals surface area contributed by atoms with Crippen molar-refractivity contribution in [2.24, 2.45) is 0 Å². The number of carbonyl (C=O) groups is 1. The Morgan fingerprint density at radius 3 is 2.45 bits per heavy atom. The van der Waals surface area contributed by atoms with Crippen LogP contribution in [0.5, 0.6) is 0 Å². The van der Waals surface area contributed by atoms with E-state index >= 15 is 0 Å². The summed E-state index contributed by atoms with van der Waals surface area (Å²) < 4.78 is 41.5. The smallest absolute Gasteiger partial charge is 0.244 e. The molecule has 1 amide bonds. The Hall–Kier alpha value is -1.90. The van der Waals surface area contributed by atoms with E-state index in [2.05, 4.69) is 17.0 Å². The van der Waals surface area contributed by atoms with E-state index in [0.717, 1.165) is 25.3 Å². The quantitative estimate of drug-likeness (QED) is 0.551. The molecule has 0 aromatic heterocycles. The van der Waals surface area contributed by atoms with Gasteiger partial charge in [0.1, 0.15) is 16.8 Å². The molecule has 2 aromatic rings. The minimum Gasteiger partial charge on any atom is -0.325 e. The van der Waals surface area contributed by atoms with Gasteiger partial charge in [-0.15, -0.1) is 0 Å². The summed E-state index contributed by atoms with van der Waals surface area (Å²) in [5.41, 5.74) is 1.78. The summed E-state index contributed by atoms with van der Waals surface area (Å²) in [5, 5.41) is 2.75. The topological polar surface area (TPSA) is 75.3 Å². The van der Waals surface area contributed by atoms with Gasteiger partial charge in [0.15, 0.2) is 0 Å². The number of benzene rings is 2. The lowest BCUT2D eigenvalue weighted by Gasteiger charge is -2.18. The van der Waals surface area contributed by atoms with Crippen molar-refractivity contribution in [1.29, 1.82) is 0 Å². The summed E-state index contributed by atoms with van der Waals surface area (Å²) in [6.45, 7) is 2.13. The van der Waals surface area contributed by atoms with E-state index in [-0.39, 0.29) is 6.42 Å². The molecule has 0 bridgehead atoms. The van der Waals surface area contributed by atoms with Crippen molar-refractivity contribution in [3.63, 3.8) is 0 Å². The molecule has 1 atom stereocenters. The van der Waals surface area contributed by atoms with E-state index in [1.165, 1.54) is 35.5 Å². The van der Waals surface area contributed by atoms with Crippen LogP contribution in [-0.4, -0.2) is 32.4 Å². The molecule has 5 nitrogen and oxygen atoms in total. The molecule has 8 heteroatoms. The Balaban J connectivity index is 2.12. The first-order valence-corrected chi connectivity index (χ1v) is 12.4. The van der Waals surface area contributed by atoms with Gasteiger partial charge in [-0.25, -0.2) is 12.8 Å². The summed E-state index contributed by atoms with van der Waals surface area (Å²) in [4.78, 5) is 12.3. The van der Waals surface area contributed by atoms with Crippen molar-refractivity contribution >= 4 is 33.4 Å². The number of hydrogen-bond acceptors (Lipinski definition) is 4. The second-order valence-corrected chi connectivity index (χ2v) is 9.34. The fourth-order valence-electron chi connectivity index (χ4n) is 2.76. The van der Waals surface area contributed by atoms with Gasteiger partial charge in [-0.3, -0.25) is 4.79 Å². The van der Waals surface area contributed by atoms with Crippen molar-refractivity contribution < 1.29 is 17.6 Å². The molecule has 0 aliphatic carbocycles. The van der Waals surface area contributed by atoms with Crippen LogP contribution < -0.4 is 10.0 Å². The number of sulfonamides is 1. The zero-order chi connectivity index (χ0) is 21.3. The van der Waals surface area contributed by atoms with Crippen LogP contribution in [0.4, 0.5) is 10.1 Å². The molecule has 2 rings (SSSR count). The maximum absolute atomic E-state index is 13.9. The first kappa shape index (κ1) is 23.4. The second-order valence-electron chi connectivity index (χ2n) is 6.68. The molecule has 0 aliphatic heterocycles. The average Bonchev–Trinajstić information content (AvgIpc) is 2.70. The van der Waals surface area contributed by atoms with Crippen molar-refractivity contribution in [1.82, 2.24) is 4.72 Å². The maximum Gasteiger partial charge on any atom is 0.244 e. The molecule has 158 valence electrons. The van der Waals surface area contributed by atoms with Gasteiger partial charge < -0.3 is 5.32 Å². The summed E-state index contributed by atoms with van der Waals surface area (Å²) in [7, 11) is -4.17. The number of carbonyl (C=O) groups excluding carboxylic acids is 1. The van der Waals surface area contributed by atoms with E-state index in [1.54, 1.807) is 12.1 Å². The van der Waals surface area contributed by atoms with Gasteiger partial charge in [-0.1, -0.05) is 37.6 Å². The van der Waals surface area contributed by atoms with Gasteiger partial charge in [0.2, 0.25) is 15.9 Å². The summed E-state index contributed by atoms with van der Waals surface area (Å²) in [6.07, 6.45) is 5.34. The summed E-state index contributed by atoms with van der Waals surface area (Å²) >= 11 is 1.50. The predicted octanol–water partition coefficient (Wildman–Crippen LogP) is 4.21. The molecule has 2 N–H and O–H groups in total. The van der Waals surface area contributed by atoms with Gasteiger partial charge in [0.05, 0.1) is 0 Å². The molecule has 29 heavy (non-hydrogen) atoms. The minimum absolute atomic E-state index is 0.287. The number of anilines is 1. The summed E-state index contributed by atoms with van der Waals surface area (Å²) in [5.74, 6) is -0.750. The number of unbranched alkanes of at least 4 members (excludes halogenated alkanes) is 1. The van der Waals surface area contributed by atoms with E-state index in [0.29, 0.717) is 11.4 Å². The highest BCUT2D eigenvalue weighted by Crippen LogP contribution is 2.17. The highest BCUT2D eigenvalue weighted by Gasteiger charge is 2.27. The van der Waals surface area contributed by atoms with Gasteiger partial charge in [-0.05, 0) is 61.1 Å². The highest BCUT2D eigenvalue weighted by atomic mass is 32.2. The minimum atomic E-state index is -4.17. The molecule has 2 aromatic carbocycles. The average molecular weight is 439 g/mol. The normalized spacial score (nSPS) is 12.5. The lowest BCUT2D eigenvalue weighted by Crippen LogP contribution is -2.44. The van der Waals surface area contributed by atoms with Gasteiger partial charge in [0.25, 0.3) is 0 Å². The lowest BCUT2D eigenvalue weighted by atomic mass is 10.1. The SMILES string of the molecule is CCCCc1ccc(NC(=O)C(CCSC)NS(=O)(=O)c2ccccc2F)cc1. The van der Waals surface area contributed by atoms with Crippen LogP contribution in [0.3, 0.4) is 0 Å². The largest absolute Gasteiger partial charge is 0.325 e. The third kappa shape index (κ3) is 7.13. The van der Waals surface area contributed by atoms with Crippen molar-refractivity contribution in [3.8, 4) is 0 Å². The predicted molar refractivity (Wildman–Crippen MR) is 117 cm³/mol. The van der Waals surface area contributed by atoms with Gasteiger partial charge >= 0.3 is 0 Å². The molecule has 0 aliphatic rings. The highest BCUT2D eigenvalue weighted by molar-refractivity contribution is 7.98. The van der Waals surface area contributed by atoms with Crippen molar-refractivity contribution in [3.05, 3.63) is 59.9 Å². The monoisotopic (exact) mass is 438 g/mol. The van der Waals surface area contributed by atoms with E-state index in [1.807, 2.05) is 18.4 Å². The first-order chi connectivity index (χ1) is 13.9. The lowest BCUT2D eigenvalue weighted by molar-refractivity contribution is -0.117. The number of amides is 1. The molecule has 1 unspecified atom stereocenters. The summed E-state index contributed by atoms with van der Waals surface area (Å²) in [6, 6.07) is 11.6. The zero-order valence-electron chi connectivity index (χ0n) is 16.7. The zero-order valence-corrected chi connectivity index (χ0v) is 18.3. The fourth-order valence-corrected chi connectivity index (χ4v) is 4.54. The number of nitrogens with one attached hydrogen (secondary N) is 2. The number of hydrogen-bond donors (Lipinski definition) is 2. The Morgan fingerprint density at radius 1 is 1.14 bits per heavy atom. The van der Waals surface area contributed by atoms with Crippen LogP contribution in [0.15, 0.2) is 53.4 Å². The number of rotatable bonds is 11. The van der Waals surface area contributed by atoms with Crippen molar-refractivity contribution in [2.75, 3.05) is 17.3 Å². The van der Waals surface area contributed by atoms with E-state index in [4.69, 9.17) is 0 Å². The third-order valence-corrected chi connectivity index (χ3v) is 6.54. The van der Waals surface area contributed by atoms with E-state index in [9.17, 15) is 17.6 Å². The number of aryl methyl sites for hydroxylation is 1. The number of thioether (sulfide) groups is 1. The Labute approximate surface area is 176 Å². The first-order valence-electron chi connectivity index (χ1n) is 9.53. The van der Waals surface area contributed by atoms with Crippen LogP contribution in [-0.2, 0) is 21.2 Å². The van der Waals surface area contributed by atoms with Gasteiger partial charge in [0, 0.05) is 5.69 Å². The standard InChI is InChI=1S/C21H27FN2O3S2/c1-3-4-7-16-10-12-17(13-11-16)23-21(25)19(14-15-28-2)24-29(26,27)20-9-6-5-8-18(20)22/h5-6,8-13,19,24H,3-4,7,14-15H2,1-2H3,(H,23,25). The van der Waals surface area contributed by atoms with Crippen LogP contribution in [0, 0.1) is 5.82 Å². The molecule has 0 saturated carbocycles. The third-order valence-electron chi connectivity index (χ3n) is 4.39. The Morgan fingerprint density at radius 2 is 1.83 bits per heavy atom. The van der Waals surface area contributed by atoms with Crippen LogP contribution in [0.2, 0.25) is 0 Å². The van der Waals surface area contributed by atoms with Crippen LogP contribution in [0.25, 0.3) is 0 Å². The molecule has 0 heterocycles. The molecule has 0 radical (unpaired) electrons. The Kier molecular flexibility index (Phi) is 9.13. The maximum atomic E-state index is 13.9. The molecule has 0 saturated heterocycles. The van der Waals surface area contributed by atoms with Crippen LogP contribution in [0.1, 0.15) is 31.7 Å².